The Morgan fingerprint density at radius 3 is 2.16 bits per heavy atom. The Morgan fingerprint density at radius 2 is 1.68 bits per heavy atom. The number of anilines is 1. The Hall–Kier alpha value is -1.94. The van der Waals surface area contributed by atoms with Crippen LogP contribution in [0.25, 0.3) is 0 Å². The highest BCUT2D eigenvalue weighted by Gasteiger charge is 2.36. The molecule has 1 amide bonds. The number of amides is 1. The summed E-state index contributed by atoms with van der Waals surface area (Å²) in [5.74, 6) is -1.47. The van der Waals surface area contributed by atoms with Gasteiger partial charge in [0.25, 0.3) is 0 Å². The number of nitrogens with one attached hydrogen (secondary N) is 1. The monoisotopic (exact) mass is 530 g/mol. The molecule has 7 nitrogen and oxygen atoms in total. The number of alkyl halides is 1. The van der Waals surface area contributed by atoms with Crippen molar-refractivity contribution in [3.8, 4) is 0 Å². The molecule has 0 aliphatic rings. The number of halogens is 2. The summed E-state index contributed by atoms with van der Waals surface area (Å²) in [7, 11) is -4.12. The lowest BCUT2D eigenvalue weighted by atomic mass is 10.0. The largest absolute Gasteiger partial charge is 0.480 e. The van der Waals surface area contributed by atoms with Crippen molar-refractivity contribution in [2.24, 2.45) is 5.92 Å². The van der Waals surface area contributed by atoms with E-state index in [9.17, 15) is 23.1 Å². The van der Waals surface area contributed by atoms with Gasteiger partial charge in [0.05, 0.1) is 10.2 Å². The second-order valence-electron chi connectivity index (χ2n) is 7.37. The highest BCUT2D eigenvalue weighted by atomic mass is 79.9. The molecule has 0 spiro atoms. The molecular formula is C21H24BrClN2O5S. The highest BCUT2D eigenvalue weighted by molar-refractivity contribution is 9.09. The average molecular weight is 532 g/mol. The van der Waals surface area contributed by atoms with Gasteiger partial charge in [-0.15, -0.1) is 0 Å². The van der Waals surface area contributed by atoms with Gasteiger partial charge in [-0.3, -0.25) is 9.59 Å². The maximum Gasteiger partial charge on any atom is 0.322 e. The number of benzene rings is 2. The van der Waals surface area contributed by atoms with Crippen molar-refractivity contribution in [1.29, 1.82) is 0 Å². The molecule has 0 saturated carbocycles. The first-order chi connectivity index (χ1) is 14.5. The van der Waals surface area contributed by atoms with Gasteiger partial charge in [0, 0.05) is 17.3 Å². The van der Waals surface area contributed by atoms with E-state index < -0.39 is 22.0 Å². The topological polar surface area (TPSA) is 104 Å². The van der Waals surface area contributed by atoms with Crippen molar-refractivity contribution in [2.75, 3.05) is 10.6 Å². The minimum atomic E-state index is -4.12. The second kappa shape index (κ2) is 11.1. The van der Waals surface area contributed by atoms with Crippen LogP contribution >= 0.6 is 27.5 Å². The predicted octanol–water partition coefficient (Wildman–Crippen LogP) is 4.36. The van der Waals surface area contributed by atoms with Crippen LogP contribution in [0.5, 0.6) is 0 Å². The molecule has 0 heterocycles. The van der Waals surface area contributed by atoms with E-state index >= 15 is 0 Å². The Kier molecular flexibility index (Phi) is 9.05. The molecule has 0 saturated heterocycles. The van der Waals surface area contributed by atoms with E-state index in [0.717, 1.165) is 4.31 Å². The van der Waals surface area contributed by atoms with E-state index in [2.05, 4.69) is 21.2 Å². The lowest BCUT2D eigenvalue weighted by molar-refractivity contribution is -0.142. The van der Waals surface area contributed by atoms with Crippen LogP contribution in [0.15, 0.2) is 53.4 Å². The van der Waals surface area contributed by atoms with Crippen LogP contribution in [0, 0.1) is 5.92 Å². The third kappa shape index (κ3) is 7.03. The third-order valence-electron chi connectivity index (χ3n) is 4.45. The third-order valence-corrected chi connectivity index (χ3v) is 7.08. The number of rotatable bonds is 10. The summed E-state index contributed by atoms with van der Waals surface area (Å²) in [5.41, 5.74) is 1.14. The quantitative estimate of drug-likeness (QED) is 0.443. The van der Waals surface area contributed by atoms with E-state index in [4.69, 9.17) is 11.6 Å². The first-order valence-corrected chi connectivity index (χ1v) is 12.4. The lowest BCUT2D eigenvalue weighted by Gasteiger charge is -2.29. The van der Waals surface area contributed by atoms with Gasteiger partial charge in [0.2, 0.25) is 15.9 Å². The van der Waals surface area contributed by atoms with Crippen molar-refractivity contribution in [3.05, 3.63) is 59.1 Å². The van der Waals surface area contributed by atoms with Gasteiger partial charge < -0.3 is 10.4 Å². The molecule has 0 bridgehead atoms. The van der Waals surface area contributed by atoms with Gasteiger partial charge in [-0.2, -0.15) is 4.31 Å². The number of carbonyl (C=O) groups excluding carboxylic acids is 1. The Morgan fingerprint density at radius 1 is 1.10 bits per heavy atom. The minimum Gasteiger partial charge on any atom is -0.480 e. The molecule has 0 aliphatic heterocycles. The fourth-order valence-electron chi connectivity index (χ4n) is 2.96. The maximum atomic E-state index is 13.4. The van der Waals surface area contributed by atoms with Gasteiger partial charge in [-0.1, -0.05) is 53.5 Å². The minimum absolute atomic E-state index is 0.0342. The number of carboxylic acids is 1. The zero-order chi connectivity index (χ0) is 23.2. The Balaban J connectivity index is 2.43. The van der Waals surface area contributed by atoms with Gasteiger partial charge in [-0.25, -0.2) is 8.42 Å². The Bertz CT molecular complexity index is 1010. The Labute approximate surface area is 195 Å². The highest BCUT2D eigenvalue weighted by Crippen LogP contribution is 2.26. The molecule has 0 aliphatic carbocycles. The van der Waals surface area contributed by atoms with Crippen LogP contribution in [0.3, 0.4) is 0 Å². The van der Waals surface area contributed by atoms with E-state index in [1.165, 1.54) is 24.3 Å². The summed E-state index contributed by atoms with van der Waals surface area (Å²) in [6.07, 6.45) is 0.154. The number of hydrogen-bond acceptors (Lipinski definition) is 4. The smallest absolute Gasteiger partial charge is 0.322 e. The second-order valence-corrected chi connectivity index (χ2v) is 10.3. The van der Waals surface area contributed by atoms with E-state index in [0.29, 0.717) is 16.3 Å². The summed E-state index contributed by atoms with van der Waals surface area (Å²) in [5, 5.41) is 13.0. The predicted molar refractivity (Wildman–Crippen MR) is 124 cm³/mol. The maximum absolute atomic E-state index is 13.4. The molecule has 2 rings (SSSR count). The first-order valence-electron chi connectivity index (χ1n) is 9.49. The van der Waals surface area contributed by atoms with Gasteiger partial charge >= 0.3 is 5.97 Å². The standard InChI is InChI=1S/C21H24BrClN2O5S/c1-14(2)11-19(21(27)28)25(31(29,30)18-9-5-16(23)6-10-18)13-15-3-7-17(8-4-15)24-20(26)12-22/h3-10,14,19H,11-13H2,1-2H3,(H,24,26)(H,27,28)/t19-/m1/s1. The summed E-state index contributed by atoms with van der Waals surface area (Å²) >= 11 is 8.95. The van der Waals surface area contributed by atoms with Crippen LogP contribution in [-0.2, 0) is 26.2 Å². The molecule has 2 aromatic rings. The molecule has 10 heteroatoms. The van der Waals surface area contributed by atoms with Crippen molar-refractivity contribution >= 4 is 55.1 Å². The first kappa shape index (κ1) is 25.3. The zero-order valence-corrected chi connectivity index (χ0v) is 20.2. The SMILES string of the molecule is CC(C)C[C@H](C(=O)O)N(Cc1ccc(NC(=O)CBr)cc1)S(=O)(=O)c1ccc(Cl)cc1. The molecule has 0 radical (unpaired) electrons. The number of aliphatic carboxylic acids is 1. The number of hydrogen-bond donors (Lipinski definition) is 2. The van der Waals surface area contributed by atoms with Crippen LogP contribution in [0.1, 0.15) is 25.8 Å². The van der Waals surface area contributed by atoms with E-state index in [1.54, 1.807) is 24.3 Å². The van der Waals surface area contributed by atoms with Gasteiger partial charge in [0.15, 0.2) is 0 Å². The molecule has 0 fully saturated rings. The van der Waals surface area contributed by atoms with Crippen LogP contribution < -0.4 is 5.32 Å². The van der Waals surface area contributed by atoms with Gasteiger partial charge in [0.1, 0.15) is 6.04 Å². The number of carboxylic acid groups (broad SMARTS) is 1. The zero-order valence-electron chi connectivity index (χ0n) is 17.1. The van der Waals surface area contributed by atoms with Gasteiger partial charge in [-0.05, 0) is 54.3 Å². The number of carbonyl (C=O) groups is 2. The average Bonchev–Trinajstić information content (AvgIpc) is 2.71. The van der Waals surface area contributed by atoms with Crippen molar-refractivity contribution in [1.82, 2.24) is 4.31 Å². The molecule has 2 aromatic carbocycles. The number of nitrogens with zero attached hydrogens (tertiary/aromatic N) is 1. The fourth-order valence-corrected chi connectivity index (χ4v) is 4.81. The van der Waals surface area contributed by atoms with Crippen LogP contribution in [0.4, 0.5) is 5.69 Å². The summed E-state index contributed by atoms with van der Waals surface area (Å²) < 4.78 is 27.8. The molecular weight excluding hydrogens is 508 g/mol. The molecule has 1 atom stereocenters. The molecule has 2 N–H and O–H groups in total. The molecule has 0 aromatic heterocycles. The number of sulfonamides is 1. The van der Waals surface area contributed by atoms with Crippen LogP contribution in [0.2, 0.25) is 5.02 Å². The van der Waals surface area contributed by atoms with Crippen molar-refractivity contribution < 1.29 is 23.1 Å². The molecule has 0 unspecified atom stereocenters. The molecule has 168 valence electrons. The summed E-state index contributed by atoms with van der Waals surface area (Å²) in [6, 6.07) is 11.0. The van der Waals surface area contributed by atoms with Crippen molar-refractivity contribution in [2.45, 2.75) is 37.8 Å². The van der Waals surface area contributed by atoms with E-state index in [1.807, 2.05) is 13.8 Å². The van der Waals surface area contributed by atoms with Crippen LogP contribution in [-0.4, -0.2) is 41.1 Å². The lowest BCUT2D eigenvalue weighted by Crippen LogP contribution is -2.45. The van der Waals surface area contributed by atoms with Crippen molar-refractivity contribution in [3.63, 3.8) is 0 Å². The fraction of sp³-hybridized carbons (Fsp3) is 0.333. The normalized spacial score (nSPS) is 12.7. The molecule has 31 heavy (non-hydrogen) atoms. The summed E-state index contributed by atoms with van der Waals surface area (Å²) in [6.45, 7) is 3.54. The van der Waals surface area contributed by atoms with E-state index in [-0.39, 0.29) is 35.0 Å². The summed E-state index contributed by atoms with van der Waals surface area (Å²) in [4.78, 5) is 23.5.